The van der Waals surface area contributed by atoms with E-state index in [0.717, 1.165) is 5.56 Å². The summed E-state index contributed by atoms with van der Waals surface area (Å²) < 4.78 is 26.9. The van der Waals surface area contributed by atoms with Gasteiger partial charge in [-0.1, -0.05) is 17.7 Å². The zero-order valence-electron chi connectivity index (χ0n) is 13.2. The van der Waals surface area contributed by atoms with Crippen molar-refractivity contribution in [3.63, 3.8) is 0 Å². The maximum absolute atomic E-state index is 12.7. The fraction of sp³-hybridized carbons (Fsp3) is 0.533. The Labute approximate surface area is 141 Å². The van der Waals surface area contributed by atoms with Crippen LogP contribution in [-0.2, 0) is 14.8 Å². The van der Waals surface area contributed by atoms with Gasteiger partial charge in [0.1, 0.15) is 4.90 Å². The number of rotatable bonds is 5. The van der Waals surface area contributed by atoms with Crippen molar-refractivity contribution in [1.82, 2.24) is 9.21 Å². The number of nitrogens with zero attached hydrogens (tertiary/aromatic N) is 2. The van der Waals surface area contributed by atoms with Gasteiger partial charge in [0.15, 0.2) is 0 Å². The van der Waals surface area contributed by atoms with Crippen LogP contribution in [0.4, 0.5) is 0 Å². The van der Waals surface area contributed by atoms with E-state index in [1.807, 2.05) is 6.92 Å². The molecule has 0 aromatic heterocycles. The van der Waals surface area contributed by atoms with E-state index in [2.05, 4.69) is 0 Å². The molecular formula is C15H21ClN2O4S. The van der Waals surface area contributed by atoms with Gasteiger partial charge < -0.3 is 5.11 Å². The third-order valence-corrected chi connectivity index (χ3v) is 6.52. The lowest BCUT2D eigenvalue weighted by Crippen LogP contribution is -2.46. The van der Waals surface area contributed by atoms with Crippen LogP contribution < -0.4 is 0 Å². The Balaban J connectivity index is 2.10. The maximum atomic E-state index is 12.7. The second kappa shape index (κ2) is 7.17. The molecule has 0 bridgehead atoms. The summed E-state index contributed by atoms with van der Waals surface area (Å²) in [5.41, 5.74) is 0.837. The number of carboxylic acids is 1. The average molecular weight is 361 g/mol. The molecule has 0 saturated carbocycles. The monoisotopic (exact) mass is 360 g/mol. The summed E-state index contributed by atoms with van der Waals surface area (Å²) in [5, 5.41) is 9.06. The number of likely N-dealkylation sites (N-methyl/N-ethyl adjacent to an activating group) is 1. The van der Waals surface area contributed by atoms with Crippen LogP contribution in [0.3, 0.4) is 0 Å². The standard InChI is InChI=1S/C15H21ClN2O4S/c1-11-3-4-13(16)14(9-11)23(21,22)18-7-5-12(6-8-18)17(2)10-15(19)20/h3-4,9,12H,5-8,10H2,1-2H3,(H,19,20). The third kappa shape index (κ3) is 4.23. The molecule has 1 aromatic carbocycles. The maximum Gasteiger partial charge on any atom is 0.317 e. The van der Waals surface area contributed by atoms with Crippen molar-refractivity contribution < 1.29 is 18.3 Å². The van der Waals surface area contributed by atoms with Crippen LogP contribution >= 0.6 is 11.6 Å². The number of aliphatic carboxylic acids is 1. The van der Waals surface area contributed by atoms with Crippen LogP contribution in [0, 0.1) is 6.92 Å². The molecular weight excluding hydrogens is 340 g/mol. The fourth-order valence-electron chi connectivity index (χ4n) is 2.81. The van der Waals surface area contributed by atoms with Crippen LogP contribution in [0.25, 0.3) is 0 Å². The van der Waals surface area contributed by atoms with Gasteiger partial charge in [0.05, 0.1) is 11.6 Å². The number of piperidine rings is 1. The van der Waals surface area contributed by atoms with Crippen molar-refractivity contribution in [2.24, 2.45) is 0 Å². The molecule has 1 heterocycles. The van der Waals surface area contributed by atoms with E-state index in [1.165, 1.54) is 4.31 Å². The van der Waals surface area contributed by atoms with Gasteiger partial charge >= 0.3 is 5.97 Å². The topological polar surface area (TPSA) is 77.9 Å². The lowest BCUT2D eigenvalue weighted by molar-refractivity contribution is -0.138. The van der Waals surface area contributed by atoms with Gasteiger partial charge in [-0.3, -0.25) is 9.69 Å². The quantitative estimate of drug-likeness (QED) is 0.866. The first-order chi connectivity index (χ1) is 10.7. The van der Waals surface area contributed by atoms with Gasteiger partial charge in [-0.25, -0.2) is 8.42 Å². The zero-order valence-corrected chi connectivity index (χ0v) is 14.8. The number of benzene rings is 1. The molecule has 0 amide bonds. The molecule has 2 rings (SSSR count). The molecule has 6 nitrogen and oxygen atoms in total. The highest BCUT2D eigenvalue weighted by Gasteiger charge is 2.32. The molecule has 1 aliphatic heterocycles. The predicted octanol–water partition coefficient (Wildman–Crippen LogP) is 1.82. The number of aryl methyl sites for hydroxylation is 1. The summed E-state index contributed by atoms with van der Waals surface area (Å²) in [6, 6.07) is 5.02. The van der Waals surface area contributed by atoms with Crippen LogP contribution in [0.15, 0.2) is 23.1 Å². The summed E-state index contributed by atoms with van der Waals surface area (Å²) in [6.07, 6.45) is 1.21. The number of carbonyl (C=O) groups is 1. The summed E-state index contributed by atoms with van der Waals surface area (Å²) in [5.74, 6) is -0.880. The second-order valence-electron chi connectivity index (χ2n) is 5.88. The van der Waals surface area contributed by atoms with E-state index < -0.39 is 16.0 Å². The predicted molar refractivity (Wildman–Crippen MR) is 88.2 cm³/mol. The first-order valence-corrected chi connectivity index (χ1v) is 9.22. The first-order valence-electron chi connectivity index (χ1n) is 7.40. The molecule has 1 aliphatic rings. The molecule has 8 heteroatoms. The molecule has 128 valence electrons. The lowest BCUT2D eigenvalue weighted by atomic mass is 10.1. The molecule has 0 aliphatic carbocycles. The molecule has 0 spiro atoms. The van der Waals surface area contributed by atoms with E-state index in [1.54, 1.807) is 30.1 Å². The van der Waals surface area contributed by atoms with Gasteiger partial charge in [0.25, 0.3) is 0 Å². The second-order valence-corrected chi connectivity index (χ2v) is 8.19. The minimum atomic E-state index is -3.62. The molecule has 1 aromatic rings. The minimum Gasteiger partial charge on any atom is -0.480 e. The Bertz CT molecular complexity index is 685. The van der Waals surface area contributed by atoms with E-state index in [9.17, 15) is 13.2 Å². The highest BCUT2D eigenvalue weighted by Crippen LogP contribution is 2.28. The Morgan fingerprint density at radius 2 is 2.00 bits per heavy atom. The highest BCUT2D eigenvalue weighted by molar-refractivity contribution is 7.89. The first kappa shape index (κ1) is 18.2. The number of hydrogen-bond acceptors (Lipinski definition) is 4. The smallest absolute Gasteiger partial charge is 0.317 e. The Kier molecular flexibility index (Phi) is 5.67. The largest absolute Gasteiger partial charge is 0.480 e. The molecule has 1 saturated heterocycles. The Morgan fingerprint density at radius 1 is 1.39 bits per heavy atom. The zero-order chi connectivity index (χ0) is 17.2. The van der Waals surface area contributed by atoms with Crippen LogP contribution in [-0.4, -0.2) is 61.4 Å². The minimum absolute atomic E-state index is 0.0406. The van der Waals surface area contributed by atoms with E-state index >= 15 is 0 Å². The van der Waals surface area contributed by atoms with E-state index in [4.69, 9.17) is 16.7 Å². The Morgan fingerprint density at radius 3 is 2.57 bits per heavy atom. The number of sulfonamides is 1. The lowest BCUT2D eigenvalue weighted by Gasteiger charge is -2.35. The molecule has 1 fully saturated rings. The van der Waals surface area contributed by atoms with Gasteiger partial charge in [-0.05, 0) is 44.5 Å². The average Bonchev–Trinajstić information content (AvgIpc) is 2.49. The van der Waals surface area contributed by atoms with Gasteiger partial charge in [-0.15, -0.1) is 0 Å². The molecule has 1 N–H and O–H groups in total. The van der Waals surface area contributed by atoms with Gasteiger partial charge in [-0.2, -0.15) is 4.31 Å². The van der Waals surface area contributed by atoms with Gasteiger partial charge in [0.2, 0.25) is 10.0 Å². The molecule has 0 radical (unpaired) electrons. The summed E-state index contributed by atoms with van der Waals surface area (Å²) in [6.45, 7) is 2.51. The number of halogens is 1. The molecule has 0 atom stereocenters. The van der Waals surface area contributed by atoms with Crippen molar-refractivity contribution in [1.29, 1.82) is 0 Å². The van der Waals surface area contributed by atoms with Crippen LogP contribution in [0.5, 0.6) is 0 Å². The van der Waals surface area contributed by atoms with Crippen LogP contribution in [0.2, 0.25) is 5.02 Å². The van der Waals surface area contributed by atoms with Crippen molar-refractivity contribution >= 4 is 27.6 Å². The summed E-state index contributed by atoms with van der Waals surface area (Å²) in [7, 11) is -1.87. The van der Waals surface area contributed by atoms with Crippen molar-refractivity contribution in [2.45, 2.75) is 30.7 Å². The number of carboxylic acid groups (broad SMARTS) is 1. The molecule has 0 unspecified atom stereocenters. The normalized spacial score (nSPS) is 17.6. The molecule has 23 heavy (non-hydrogen) atoms. The van der Waals surface area contributed by atoms with E-state index in [0.29, 0.717) is 25.9 Å². The summed E-state index contributed by atoms with van der Waals surface area (Å²) >= 11 is 6.06. The SMILES string of the molecule is Cc1ccc(Cl)c(S(=O)(=O)N2CCC(N(C)CC(=O)O)CC2)c1. The van der Waals surface area contributed by atoms with Crippen LogP contribution in [0.1, 0.15) is 18.4 Å². The van der Waals surface area contributed by atoms with Crippen molar-refractivity contribution in [2.75, 3.05) is 26.7 Å². The van der Waals surface area contributed by atoms with Crippen molar-refractivity contribution in [3.05, 3.63) is 28.8 Å². The highest BCUT2D eigenvalue weighted by atomic mass is 35.5. The summed E-state index contributed by atoms with van der Waals surface area (Å²) in [4.78, 5) is 12.7. The van der Waals surface area contributed by atoms with Gasteiger partial charge in [0, 0.05) is 19.1 Å². The Hall–Kier alpha value is -1.15. The number of hydrogen-bond donors (Lipinski definition) is 1. The van der Waals surface area contributed by atoms with E-state index in [-0.39, 0.29) is 22.5 Å². The fourth-order valence-corrected chi connectivity index (χ4v) is 4.84. The van der Waals surface area contributed by atoms with Crippen molar-refractivity contribution in [3.8, 4) is 0 Å². The third-order valence-electron chi connectivity index (χ3n) is 4.14.